The second-order valence-electron chi connectivity index (χ2n) is 4.57. The topological polar surface area (TPSA) is 34.9 Å². The van der Waals surface area contributed by atoms with Crippen LogP contribution < -0.4 is 5.69 Å². The molecule has 0 unspecified atom stereocenters. The number of rotatable bonds is 3. The molecule has 0 bridgehead atoms. The fraction of sp³-hybridized carbons (Fsp3) is 0.0588. The molecule has 3 heteroatoms. The molecule has 3 aromatic rings. The van der Waals surface area contributed by atoms with E-state index in [1.54, 1.807) is 10.8 Å². The first kappa shape index (κ1) is 12.4. The largest absolute Gasteiger partial charge is 0.348 e. The first-order valence-electron chi connectivity index (χ1n) is 6.50. The van der Waals surface area contributed by atoms with Crippen LogP contribution >= 0.6 is 0 Å². The Labute approximate surface area is 117 Å². The lowest BCUT2D eigenvalue weighted by atomic mass is 10.1. The quantitative estimate of drug-likeness (QED) is 0.727. The third-order valence-electron chi connectivity index (χ3n) is 3.14. The molecule has 1 aromatic heterocycles. The summed E-state index contributed by atoms with van der Waals surface area (Å²) in [6.07, 6.45) is 1.80. The van der Waals surface area contributed by atoms with Crippen LogP contribution in [0.4, 0.5) is 0 Å². The molecule has 3 nitrogen and oxygen atoms in total. The van der Waals surface area contributed by atoms with Crippen LogP contribution in [0.3, 0.4) is 0 Å². The SMILES string of the molecule is O=c1nc(-c2ccccc2)ccn1Cc1ccccc1. The molecule has 20 heavy (non-hydrogen) atoms. The van der Waals surface area contributed by atoms with Crippen molar-refractivity contribution in [1.29, 1.82) is 0 Å². The van der Waals surface area contributed by atoms with Crippen molar-refractivity contribution in [3.63, 3.8) is 0 Å². The molecule has 0 N–H and O–H groups in total. The number of benzene rings is 2. The third kappa shape index (κ3) is 2.67. The second kappa shape index (κ2) is 5.53. The van der Waals surface area contributed by atoms with E-state index in [1.165, 1.54) is 0 Å². The lowest BCUT2D eigenvalue weighted by Crippen LogP contribution is -2.23. The normalized spacial score (nSPS) is 10.4. The highest BCUT2D eigenvalue weighted by Gasteiger charge is 2.03. The first-order valence-corrected chi connectivity index (χ1v) is 6.50. The maximum absolute atomic E-state index is 12.1. The van der Waals surface area contributed by atoms with Crippen molar-refractivity contribution in [3.05, 3.63) is 89.0 Å². The van der Waals surface area contributed by atoms with Gasteiger partial charge in [0.15, 0.2) is 0 Å². The van der Waals surface area contributed by atoms with E-state index in [0.717, 1.165) is 11.1 Å². The van der Waals surface area contributed by atoms with Crippen molar-refractivity contribution in [2.75, 3.05) is 0 Å². The summed E-state index contributed by atoms with van der Waals surface area (Å²) < 4.78 is 1.61. The van der Waals surface area contributed by atoms with E-state index >= 15 is 0 Å². The molecular formula is C17H14N2O. The van der Waals surface area contributed by atoms with E-state index in [9.17, 15) is 4.79 Å². The monoisotopic (exact) mass is 262 g/mol. The van der Waals surface area contributed by atoms with Gasteiger partial charge in [-0.2, -0.15) is 4.98 Å². The van der Waals surface area contributed by atoms with Crippen molar-refractivity contribution in [1.82, 2.24) is 9.55 Å². The van der Waals surface area contributed by atoms with E-state index in [4.69, 9.17) is 0 Å². The van der Waals surface area contributed by atoms with Gasteiger partial charge in [0, 0.05) is 11.8 Å². The fourth-order valence-electron chi connectivity index (χ4n) is 2.10. The molecule has 98 valence electrons. The molecule has 0 aliphatic heterocycles. The Morgan fingerprint density at radius 3 is 2.15 bits per heavy atom. The predicted molar refractivity (Wildman–Crippen MR) is 79.5 cm³/mol. The van der Waals surface area contributed by atoms with Gasteiger partial charge in [0.25, 0.3) is 0 Å². The van der Waals surface area contributed by atoms with Crippen LogP contribution in [-0.4, -0.2) is 9.55 Å². The molecule has 0 radical (unpaired) electrons. The summed E-state index contributed by atoms with van der Waals surface area (Å²) in [5.74, 6) is 0. The van der Waals surface area contributed by atoms with Gasteiger partial charge in [0.1, 0.15) is 0 Å². The van der Waals surface area contributed by atoms with Gasteiger partial charge in [0.2, 0.25) is 0 Å². The zero-order chi connectivity index (χ0) is 13.8. The van der Waals surface area contributed by atoms with Crippen molar-refractivity contribution >= 4 is 0 Å². The molecule has 0 aliphatic rings. The molecule has 3 rings (SSSR count). The summed E-state index contributed by atoms with van der Waals surface area (Å²) in [5.41, 5.74) is 2.52. The zero-order valence-corrected chi connectivity index (χ0v) is 10.9. The summed E-state index contributed by atoms with van der Waals surface area (Å²) in [7, 11) is 0. The molecule has 0 aliphatic carbocycles. The van der Waals surface area contributed by atoms with Gasteiger partial charge in [-0.3, -0.25) is 4.57 Å². The summed E-state index contributed by atoms with van der Waals surface area (Å²) in [5, 5.41) is 0. The number of aromatic nitrogens is 2. The predicted octanol–water partition coefficient (Wildman–Crippen LogP) is 2.96. The van der Waals surface area contributed by atoms with Crippen LogP contribution in [0.25, 0.3) is 11.3 Å². The average molecular weight is 262 g/mol. The number of hydrogen-bond acceptors (Lipinski definition) is 2. The minimum Gasteiger partial charge on any atom is -0.295 e. The number of nitrogens with zero attached hydrogens (tertiary/aromatic N) is 2. The van der Waals surface area contributed by atoms with Crippen molar-refractivity contribution in [2.24, 2.45) is 0 Å². The molecule has 0 atom stereocenters. The van der Waals surface area contributed by atoms with Crippen molar-refractivity contribution in [2.45, 2.75) is 6.54 Å². The smallest absolute Gasteiger partial charge is 0.295 e. The fourth-order valence-corrected chi connectivity index (χ4v) is 2.10. The Kier molecular flexibility index (Phi) is 3.42. The molecule has 0 saturated heterocycles. The summed E-state index contributed by atoms with van der Waals surface area (Å²) in [4.78, 5) is 16.2. The molecule has 0 fully saturated rings. The van der Waals surface area contributed by atoms with Gasteiger partial charge in [-0.1, -0.05) is 60.7 Å². The summed E-state index contributed by atoms with van der Waals surface area (Å²) in [6.45, 7) is 0.543. The lowest BCUT2D eigenvalue weighted by molar-refractivity contribution is 0.729. The van der Waals surface area contributed by atoms with Gasteiger partial charge in [-0.15, -0.1) is 0 Å². The molecular weight excluding hydrogens is 248 g/mol. The summed E-state index contributed by atoms with van der Waals surface area (Å²) in [6, 6.07) is 21.5. The van der Waals surface area contributed by atoms with Crippen molar-refractivity contribution in [3.8, 4) is 11.3 Å². The van der Waals surface area contributed by atoms with Crippen LogP contribution in [0.2, 0.25) is 0 Å². The average Bonchev–Trinajstić information content (AvgIpc) is 2.51. The van der Waals surface area contributed by atoms with Crippen LogP contribution in [0.5, 0.6) is 0 Å². The van der Waals surface area contributed by atoms with Crippen LogP contribution in [0.15, 0.2) is 77.7 Å². The Morgan fingerprint density at radius 2 is 1.50 bits per heavy atom. The van der Waals surface area contributed by atoms with E-state index in [-0.39, 0.29) is 5.69 Å². The van der Waals surface area contributed by atoms with E-state index in [1.807, 2.05) is 66.7 Å². The second-order valence-corrected chi connectivity index (χ2v) is 4.57. The molecule has 0 spiro atoms. The Morgan fingerprint density at radius 1 is 0.850 bits per heavy atom. The third-order valence-corrected chi connectivity index (χ3v) is 3.14. The maximum Gasteiger partial charge on any atom is 0.348 e. The van der Waals surface area contributed by atoms with E-state index < -0.39 is 0 Å². The Balaban J connectivity index is 1.91. The molecule has 0 saturated carbocycles. The first-order chi connectivity index (χ1) is 9.83. The van der Waals surface area contributed by atoms with Crippen LogP contribution in [0.1, 0.15) is 5.56 Å². The van der Waals surface area contributed by atoms with Gasteiger partial charge in [0.05, 0.1) is 12.2 Å². The Hall–Kier alpha value is -2.68. The van der Waals surface area contributed by atoms with E-state index in [2.05, 4.69) is 4.98 Å². The zero-order valence-electron chi connectivity index (χ0n) is 10.9. The standard InChI is InChI=1S/C17H14N2O/c20-17-18-16(15-9-5-2-6-10-15)11-12-19(17)13-14-7-3-1-4-8-14/h1-12H,13H2. The highest BCUT2D eigenvalue weighted by molar-refractivity contribution is 5.57. The lowest BCUT2D eigenvalue weighted by Gasteiger charge is -2.06. The van der Waals surface area contributed by atoms with Gasteiger partial charge in [-0.05, 0) is 11.6 Å². The minimum atomic E-state index is -0.227. The van der Waals surface area contributed by atoms with Gasteiger partial charge >= 0.3 is 5.69 Å². The molecule has 2 aromatic carbocycles. The van der Waals surface area contributed by atoms with Crippen LogP contribution in [0, 0.1) is 0 Å². The van der Waals surface area contributed by atoms with E-state index in [0.29, 0.717) is 12.2 Å². The number of hydrogen-bond donors (Lipinski definition) is 0. The van der Waals surface area contributed by atoms with Crippen LogP contribution in [-0.2, 0) is 6.54 Å². The highest BCUT2D eigenvalue weighted by atomic mass is 16.1. The molecule has 0 amide bonds. The van der Waals surface area contributed by atoms with Gasteiger partial charge in [-0.25, -0.2) is 4.79 Å². The maximum atomic E-state index is 12.1. The van der Waals surface area contributed by atoms with Gasteiger partial charge < -0.3 is 0 Å². The summed E-state index contributed by atoms with van der Waals surface area (Å²) >= 11 is 0. The minimum absolute atomic E-state index is 0.227. The highest BCUT2D eigenvalue weighted by Crippen LogP contribution is 2.13. The van der Waals surface area contributed by atoms with Crippen molar-refractivity contribution < 1.29 is 0 Å². The Bertz CT molecular complexity index is 749. The molecule has 1 heterocycles.